The first kappa shape index (κ1) is 21.0. The molecule has 11 heteroatoms. The van der Waals surface area contributed by atoms with Crippen LogP contribution in [-0.4, -0.2) is 49.8 Å². The third kappa shape index (κ3) is 4.75. The summed E-state index contributed by atoms with van der Waals surface area (Å²) in [6, 6.07) is 12.4. The van der Waals surface area contributed by atoms with Crippen molar-refractivity contribution in [2.24, 2.45) is 0 Å². The van der Waals surface area contributed by atoms with E-state index in [1.807, 2.05) is 30.3 Å². The summed E-state index contributed by atoms with van der Waals surface area (Å²) in [5, 5.41) is 23.9. The van der Waals surface area contributed by atoms with E-state index in [2.05, 4.69) is 10.1 Å². The average molecular weight is 430 g/mol. The third-order valence-electron chi connectivity index (χ3n) is 4.77. The van der Waals surface area contributed by atoms with Gasteiger partial charge in [0.1, 0.15) is 48.8 Å². The van der Waals surface area contributed by atoms with Gasteiger partial charge < -0.3 is 34.7 Å². The number of ether oxygens (including phenoxy) is 3. The number of nitrogens with two attached hydrogens (primary N) is 1. The van der Waals surface area contributed by atoms with Gasteiger partial charge >= 0.3 is 5.69 Å². The minimum absolute atomic E-state index is 0.0464. The van der Waals surface area contributed by atoms with Gasteiger partial charge in [-0.2, -0.15) is 4.98 Å². The molecular weight excluding hydrogens is 408 g/mol. The average Bonchev–Trinajstić information content (AvgIpc) is 3.35. The molecule has 164 valence electrons. The number of aliphatic hydroxyl groups is 2. The van der Waals surface area contributed by atoms with Crippen molar-refractivity contribution in [3.05, 3.63) is 70.6 Å². The highest BCUT2D eigenvalue weighted by atomic mass is 16.6. The highest BCUT2D eigenvalue weighted by Crippen LogP contribution is 2.31. The first-order valence-corrected chi connectivity index (χ1v) is 9.58. The van der Waals surface area contributed by atoms with Gasteiger partial charge in [0.05, 0.1) is 6.61 Å². The van der Waals surface area contributed by atoms with Crippen LogP contribution in [0, 0.1) is 0 Å². The van der Waals surface area contributed by atoms with Crippen molar-refractivity contribution in [1.29, 1.82) is 0 Å². The van der Waals surface area contributed by atoms with Gasteiger partial charge in [-0.1, -0.05) is 23.4 Å². The molecule has 0 bridgehead atoms. The van der Waals surface area contributed by atoms with Crippen LogP contribution in [0.15, 0.2) is 58.0 Å². The van der Waals surface area contributed by atoms with Gasteiger partial charge in [0, 0.05) is 12.3 Å². The lowest BCUT2D eigenvalue weighted by atomic mass is 10.1. The molecule has 0 radical (unpaired) electrons. The highest BCUT2D eigenvalue weighted by Gasteiger charge is 2.45. The number of aliphatic hydroxyl groups excluding tert-OH is 2. The minimum Gasteiger partial charge on any atom is -0.487 e. The van der Waals surface area contributed by atoms with Crippen LogP contribution in [0.5, 0.6) is 5.75 Å². The molecule has 0 aliphatic carbocycles. The lowest BCUT2D eigenvalue weighted by Crippen LogP contribution is -2.38. The number of aromatic nitrogens is 3. The number of hydrogen-bond acceptors (Lipinski definition) is 10. The van der Waals surface area contributed by atoms with E-state index in [-0.39, 0.29) is 19.0 Å². The smallest absolute Gasteiger partial charge is 0.351 e. The molecule has 1 aliphatic rings. The van der Waals surface area contributed by atoms with E-state index in [4.69, 9.17) is 24.5 Å². The summed E-state index contributed by atoms with van der Waals surface area (Å²) in [6.45, 7) is -0.280. The number of hydrogen-bond donors (Lipinski definition) is 3. The van der Waals surface area contributed by atoms with Crippen LogP contribution in [0.4, 0.5) is 5.82 Å². The maximum absolute atomic E-state index is 12.2. The van der Waals surface area contributed by atoms with Crippen molar-refractivity contribution in [2.45, 2.75) is 37.8 Å². The molecule has 0 unspecified atom stereocenters. The number of nitrogens with zero attached hydrogens (tertiary/aromatic N) is 3. The molecule has 11 nitrogen and oxygen atoms in total. The Morgan fingerprint density at radius 3 is 2.74 bits per heavy atom. The Morgan fingerprint density at radius 2 is 2.00 bits per heavy atom. The van der Waals surface area contributed by atoms with Crippen LogP contribution in [0.1, 0.15) is 17.7 Å². The maximum atomic E-state index is 12.2. The van der Waals surface area contributed by atoms with Crippen LogP contribution in [0.2, 0.25) is 0 Å². The summed E-state index contributed by atoms with van der Waals surface area (Å²) in [7, 11) is 0. The van der Waals surface area contributed by atoms with Crippen LogP contribution in [-0.2, 0) is 22.7 Å². The Balaban J connectivity index is 1.42. The molecular formula is C20H22N4O7. The van der Waals surface area contributed by atoms with E-state index in [1.165, 1.54) is 12.3 Å². The number of rotatable bonds is 8. The van der Waals surface area contributed by atoms with E-state index in [1.54, 1.807) is 6.07 Å². The van der Waals surface area contributed by atoms with Crippen molar-refractivity contribution in [3.63, 3.8) is 0 Å². The number of benzene rings is 1. The van der Waals surface area contributed by atoms with Gasteiger partial charge in [0.15, 0.2) is 12.0 Å². The van der Waals surface area contributed by atoms with Crippen molar-refractivity contribution in [1.82, 2.24) is 14.7 Å². The summed E-state index contributed by atoms with van der Waals surface area (Å²) in [5.74, 6) is 1.16. The molecule has 4 rings (SSSR count). The fourth-order valence-corrected chi connectivity index (χ4v) is 3.24. The fraction of sp³-hybridized carbons (Fsp3) is 0.350. The quantitative estimate of drug-likeness (QED) is 0.452. The number of nitrogen functional groups attached to an aromatic ring is 1. The summed E-state index contributed by atoms with van der Waals surface area (Å²) in [4.78, 5) is 15.8. The first-order valence-electron chi connectivity index (χ1n) is 9.58. The van der Waals surface area contributed by atoms with E-state index < -0.39 is 36.8 Å². The van der Waals surface area contributed by atoms with Gasteiger partial charge in [0.25, 0.3) is 0 Å². The van der Waals surface area contributed by atoms with Crippen molar-refractivity contribution < 1.29 is 28.9 Å². The van der Waals surface area contributed by atoms with Crippen molar-refractivity contribution in [3.8, 4) is 5.75 Å². The number of anilines is 1. The van der Waals surface area contributed by atoms with E-state index in [9.17, 15) is 15.0 Å². The minimum atomic E-state index is -1.18. The maximum Gasteiger partial charge on any atom is 0.351 e. The lowest BCUT2D eigenvalue weighted by molar-refractivity contribution is -0.0831. The largest absolute Gasteiger partial charge is 0.487 e. The molecule has 1 aromatic carbocycles. The summed E-state index contributed by atoms with van der Waals surface area (Å²) >= 11 is 0. The monoisotopic (exact) mass is 430 g/mol. The summed E-state index contributed by atoms with van der Waals surface area (Å²) < 4.78 is 23.4. The zero-order valence-corrected chi connectivity index (χ0v) is 16.4. The Labute approximate surface area is 176 Å². The molecule has 1 saturated heterocycles. The Morgan fingerprint density at radius 1 is 1.19 bits per heavy atom. The van der Waals surface area contributed by atoms with Crippen LogP contribution >= 0.6 is 0 Å². The third-order valence-corrected chi connectivity index (χ3v) is 4.77. The molecule has 3 heterocycles. The Kier molecular flexibility index (Phi) is 6.28. The molecule has 4 N–H and O–H groups in total. The number of para-hydroxylation sites is 1. The second kappa shape index (κ2) is 9.27. The molecule has 0 spiro atoms. The molecule has 0 amide bonds. The van der Waals surface area contributed by atoms with Crippen LogP contribution < -0.4 is 16.2 Å². The predicted octanol–water partition coefficient (Wildman–Crippen LogP) is 0.228. The Bertz CT molecular complexity index is 1050. The summed E-state index contributed by atoms with van der Waals surface area (Å²) in [6.07, 6.45) is -2.68. The molecule has 2 aromatic heterocycles. The Hall–Kier alpha value is -3.25. The van der Waals surface area contributed by atoms with Crippen molar-refractivity contribution in [2.75, 3.05) is 12.3 Å². The van der Waals surface area contributed by atoms with Crippen molar-refractivity contribution >= 4 is 5.82 Å². The van der Waals surface area contributed by atoms with E-state index in [0.29, 0.717) is 17.2 Å². The van der Waals surface area contributed by atoms with E-state index >= 15 is 0 Å². The SMILES string of the molecule is Nc1ccn([C@@H]2O[C@H](CO)[C@@H](O)[C@H]2OCc2cc(COc3ccccc3)no2)c(=O)n1. The zero-order valence-electron chi connectivity index (χ0n) is 16.4. The van der Waals surface area contributed by atoms with Gasteiger partial charge in [-0.15, -0.1) is 0 Å². The molecule has 1 aliphatic heterocycles. The van der Waals surface area contributed by atoms with Gasteiger partial charge in [-0.05, 0) is 18.2 Å². The molecule has 1 fully saturated rings. The first-order chi connectivity index (χ1) is 15.0. The van der Waals surface area contributed by atoms with E-state index in [0.717, 1.165) is 4.57 Å². The van der Waals surface area contributed by atoms with Crippen LogP contribution in [0.3, 0.4) is 0 Å². The fourth-order valence-electron chi connectivity index (χ4n) is 3.24. The van der Waals surface area contributed by atoms with Gasteiger partial charge in [0.2, 0.25) is 0 Å². The second-order valence-corrected chi connectivity index (χ2v) is 6.94. The zero-order chi connectivity index (χ0) is 21.8. The predicted molar refractivity (Wildman–Crippen MR) is 106 cm³/mol. The normalized spacial score (nSPS) is 23.2. The lowest BCUT2D eigenvalue weighted by Gasteiger charge is -2.21. The molecule has 3 aromatic rings. The second-order valence-electron chi connectivity index (χ2n) is 6.94. The molecule has 4 atom stereocenters. The standard InChI is InChI=1S/C20H22N4O7/c21-16-6-7-24(20(27)22-16)19-18(17(26)15(9-25)30-19)29-11-14-8-12(23-31-14)10-28-13-4-2-1-3-5-13/h1-8,15,17-19,25-26H,9-11H2,(H2,21,22,27)/t15-,17-,18-,19-/m1/s1. The molecule has 31 heavy (non-hydrogen) atoms. The molecule has 0 saturated carbocycles. The van der Waals surface area contributed by atoms with Crippen LogP contribution in [0.25, 0.3) is 0 Å². The van der Waals surface area contributed by atoms with Gasteiger partial charge in [-0.3, -0.25) is 4.57 Å². The summed E-state index contributed by atoms with van der Waals surface area (Å²) in [5.41, 5.74) is 5.43. The highest BCUT2D eigenvalue weighted by molar-refractivity contribution is 5.24. The van der Waals surface area contributed by atoms with Gasteiger partial charge in [-0.25, -0.2) is 4.79 Å². The topological polar surface area (TPSA) is 155 Å².